The Morgan fingerprint density at radius 3 is 0.905 bits per heavy atom. The lowest BCUT2D eigenvalue weighted by atomic mass is 9.90. The van der Waals surface area contributed by atoms with Crippen molar-refractivity contribution in [3.05, 3.63) is 313 Å². The highest BCUT2D eigenvalue weighted by Gasteiger charge is 2.28. The lowest BCUT2D eigenvalue weighted by Gasteiger charge is -2.24. The zero-order valence-electron chi connectivity index (χ0n) is 50.7. The van der Waals surface area contributed by atoms with Crippen molar-refractivity contribution < 1.29 is 0 Å². The van der Waals surface area contributed by atoms with Crippen molar-refractivity contribution in [2.24, 2.45) is 0 Å². The van der Waals surface area contributed by atoms with Gasteiger partial charge in [-0.2, -0.15) is 21.0 Å². The topological polar surface area (TPSA) is 149 Å². The van der Waals surface area contributed by atoms with Crippen LogP contribution in [0.15, 0.2) is 291 Å². The van der Waals surface area contributed by atoms with Gasteiger partial charge in [-0.15, -0.1) is 0 Å². The molecule has 0 spiro atoms. The number of hydrogen-bond acceptors (Lipinski definition) is 7. The van der Waals surface area contributed by atoms with E-state index in [1.807, 2.05) is 84.9 Å². The van der Waals surface area contributed by atoms with Gasteiger partial charge in [0.15, 0.2) is 17.5 Å². The molecule has 0 N–H and O–H groups in total. The zero-order chi connectivity index (χ0) is 63.7. The fraction of sp³-hybridized carbons (Fsp3) is 0. The van der Waals surface area contributed by atoms with Crippen molar-refractivity contribution in [3.63, 3.8) is 0 Å². The minimum atomic E-state index is 0.373. The van der Waals surface area contributed by atoms with Crippen LogP contribution in [-0.2, 0) is 0 Å². The predicted octanol–water partition coefficient (Wildman–Crippen LogP) is 20.3. The number of nitrogens with zero attached hydrogens (tertiary/aromatic N) is 10. The summed E-state index contributed by atoms with van der Waals surface area (Å²) in [5.74, 6) is 1.52. The van der Waals surface area contributed by atoms with Crippen LogP contribution in [0.5, 0.6) is 0 Å². The first-order valence-corrected chi connectivity index (χ1v) is 31.1. The molecular weight excluding hydrogens is 1160 g/mol. The molecule has 10 heteroatoms. The fourth-order valence-corrected chi connectivity index (χ4v) is 14.0. The van der Waals surface area contributed by atoms with Gasteiger partial charge in [0.05, 0.1) is 96.7 Å². The summed E-state index contributed by atoms with van der Waals surface area (Å²) in [5.41, 5.74) is 19.2. The third-order valence-electron chi connectivity index (χ3n) is 18.1. The summed E-state index contributed by atoms with van der Waals surface area (Å²) < 4.78 is 7.15. The highest BCUT2D eigenvalue weighted by molar-refractivity contribution is 6.15. The summed E-state index contributed by atoms with van der Waals surface area (Å²) in [4.78, 5) is 16.2. The van der Waals surface area contributed by atoms with Crippen LogP contribution < -0.4 is 0 Å². The van der Waals surface area contributed by atoms with E-state index < -0.39 is 0 Å². The molecule has 17 aromatic rings. The molecule has 17 rings (SSSR count). The minimum Gasteiger partial charge on any atom is -0.309 e. The van der Waals surface area contributed by atoms with Crippen LogP contribution in [0, 0.1) is 45.3 Å². The Morgan fingerprint density at radius 2 is 0.537 bits per heavy atom. The van der Waals surface area contributed by atoms with Crippen molar-refractivity contribution in [1.82, 2.24) is 28.7 Å². The maximum atomic E-state index is 10.3. The maximum Gasteiger partial charge on any atom is 0.164 e. The van der Waals surface area contributed by atoms with Gasteiger partial charge in [-0.05, 0) is 131 Å². The smallest absolute Gasteiger partial charge is 0.164 e. The first kappa shape index (κ1) is 55.3. The largest absolute Gasteiger partial charge is 0.309 e. The molecule has 4 aromatic heterocycles. The van der Waals surface area contributed by atoms with Crippen LogP contribution in [-0.4, -0.2) is 28.7 Å². The van der Waals surface area contributed by atoms with Crippen LogP contribution in [0.2, 0.25) is 0 Å². The first-order valence-electron chi connectivity index (χ1n) is 31.1. The van der Waals surface area contributed by atoms with E-state index in [1.54, 1.807) is 12.1 Å². The van der Waals surface area contributed by atoms with Gasteiger partial charge < -0.3 is 13.7 Å². The molecule has 0 amide bonds. The number of rotatable bonds is 10. The van der Waals surface area contributed by atoms with Crippen molar-refractivity contribution in [2.45, 2.75) is 0 Å². The molecular formula is C85H48N10. The molecule has 95 heavy (non-hydrogen) atoms. The molecule has 0 atom stereocenters. The Morgan fingerprint density at radius 1 is 0.221 bits per heavy atom. The zero-order valence-corrected chi connectivity index (χ0v) is 50.7. The highest BCUT2D eigenvalue weighted by atomic mass is 15.0. The third-order valence-corrected chi connectivity index (χ3v) is 18.1. The molecule has 0 unspecified atom stereocenters. The van der Waals surface area contributed by atoms with Crippen LogP contribution in [0.3, 0.4) is 0 Å². The van der Waals surface area contributed by atoms with E-state index in [-0.39, 0.29) is 0 Å². The second-order valence-electron chi connectivity index (χ2n) is 23.6. The SMILES string of the molecule is N#Cc1cc(C#N)cc(-c2ccc3c(c2)c2cc(-c4cc(C#N)cc(C#N)c4)ccc2n3-c2c(-c3ccccc3-n3c4ccccc4c4ccccc43)cc(-c3nc(-c4ccccc4)nc(-c4ccccc4)n3)cc2-c2ccccc2-n2c3ccccc3c3ccccc32)c1. The summed E-state index contributed by atoms with van der Waals surface area (Å²) in [5, 5.41) is 47.4. The Hall–Kier alpha value is -13.8. The van der Waals surface area contributed by atoms with E-state index in [2.05, 4.69) is 232 Å². The van der Waals surface area contributed by atoms with Gasteiger partial charge in [0.25, 0.3) is 0 Å². The van der Waals surface area contributed by atoms with Gasteiger partial charge >= 0.3 is 0 Å². The number of fused-ring (bicyclic) bond motifs is 9. The van der Waals surface area contributed by atoms with Crippen LogP contribution in [0.25, 0.3) is 161 Å². The average Bonchev–Trinajstić information content (AvgIpc) is 1.64. The summed E-state index contributed by atoms with van der Waals surface area (Å²) in [6.07, 6.45) is 0. The van der Waals surface area contributed by atoms with Gasteiger partial charge in [-0.3, -0.25) is 0 Å². The van der Waals surface area contributed by atoms with E-state index in [9.17, 15) is 21.0 Å². The van der Waals surface area contributed by atoms with E-state index >= 15 is 0 Å². The first-order chi connectivity index (χ1) is 46.9. The Kier molecular flexibility index (Phi) is 13.2. The average molecular weight is 1210 g/mol. The summed E-state index contributed by atoms with van der Waals surface area (Å²) in [7, 11) is 0. The van der Waals surface area contributed by atoms with Gasteiger partial charge in [-0.25, -0.2) is 15.0 Å². The normalized spacial score (nSPS) is 11.3. The molecule has 0 radical (unpaired) electrons. The molecule has 13 aromatic carbocycles. The Bertz CT molecular complexity index is 5680. The highest BCUT2D eigenvalue weighted by Crippen LogP contribution is 2.49. The van der Waals surface area contributed by atoms with Gasteiger partial charge in [0, 0.05) is 71.3 Å². The van der Waals surface area contributed by atoms with Gasteiger partial charge in [-0.1, -0.05) is 182 Å². The number of para-hydroxylation sites is 6. The van der Waals surface area contributed by atoms with Crippen LogP contribution >= 0.6 is 0 Å². The molecule has 0 bridgehead atoms. The van der Waals surface area contributed by atoms with Crippen LogP contribution in [0.4, 0.5) is 0 Å². The Balaban J connectivity index is 1.07. The second-order valence-corrected chi connectivity index (χ2v) is 23.6. The monoisotopic (exact) mass is 1210 g/mol. The van der Waals surface area contributed by atoms with Crippen LogP contribution in [0.1, 0.15) is 22.3 Å². The summed E-state index contributed by atoms with van der Waals surface area (Å²) in [6.45, 7) is 0. The molecule has 0 aliphatic heterocycles. The second kappa shape index (κ2) is 22.6. The number of benzene rings is 13. The maximum absolute atomic E-state index is 10.3. The minimum absolute atomic E-state index is 0.373. The van der Waals surface area contributed by atoms with Gasteiger partial charge in [0.1, 0.15) is 0 Å². The molecule has 0 aliphatic carbocycles. The fourth-order valence-electron chi connectivity index (χ4n) is 14.0. The number of nitriles is 4. The van der Waals surface area contributed by atoms with Crippen molar-refractivity contribution in [2.75, 3.05) is 0 Å². The quantitative estimate of drug-likeness (QED) is 0.132. The number of hydrogen-bond donors (Lipinski definition) is 0. The predicted molar refractivity (Wildman–Crippen MR) is 380 cm³/mol. The van der Waals surface area contributed by atoms with Crippen molar-refractivity contribution in [3.8, 4) is 120 Å². The molecule has 438 valence electrons. The molecule has 0 fully saturated rings. The van der Waals surface area contributed by atoms with Crippen molar-refractivity contribution >= 4 is 65.4 Å². The van der Waals surface area contributed by atoms with E-state index in [0.717, 1.165) is 133 Å². The lowest BCUT2D eigenvalue weighted by Crippen LogP contribution is -2.07. The molecule has 0 saturated heterocycles. The van der Waals surface area contributed by atoms with E-state index in [0.29, 0.717) is 50.9 Å². The Labute approximate surface area is 545 Å². The summed E-state index contributed by atoms with van der Waals surface area (Å²) in [6, 6.07) is 109. The molecule has 4 heterocycles. The third kappa shape index (κ3) is 9.26. The molecule has 10 nitrogen and oxygen atoms in total. The molecule has 0 saturated carbocycles. The number of aromatic nitrogens is 6. The molecule has 0 aliphatic rings. The van der Waals surface area contributed by atoms with E-state index in [1.165, 1.54) is 0 Å². The summed E-state index contributed by atoms with van der Waals surface area (Å²) >= 11 is 0. The lowest BCUT2D eigenvalue weighted by molar-refractivity contribution is 1.07. The van der Waals surface area contributed by atoms with Gasteiger partial charge in [0.2, 0.25) is 0 Å². The van der Waals surface area contributed by atoms with Crippen molar-refractivity contribution in [1.29, 1.82) is 21.0 Å². The van der Waals surface area contributed by atoms with E-state index in [4.69, 9.17) is 15.0 Å². The standard InChI is InChI=1S/C85H48N10/c86-49-53-39-54(50-87)42-61(41-53)59-35-37-80-70(45-59)71-46-60(62-43-55(51-88)40-56(44-62)52-89)36-38-81(71)95(80)82-72(68-27-11-17-33-78(68)93-74-29-13-7-23-64(74)65-24-8-14-30-75(65)93)47-63(85-91-83(57-19-3-1-4-20-57)90-84(92-85)58-21-5-2-6-22-58)48-73(82)69-28-12-18-34-79(69)94-76-31-15-9-25-66(76)67-26-10-16-32-77(67)94/h1-48H.